The average Bonchev–Trinajstić information content (AvgIpc) is 2.29. The summed E-state index contributed by atoms with van der Waals surface area (Å²) >= 11 is 0. The van der Waals surface area contributed by atoms with Crippen LogP contribution in [0.1, 0.15) is 6.92 Å². The van der Waals surface area contributed by atoms with Crippen LogP contribution in [-0.4, -0.2) is 43.6 Å². The highest BCUT2D eigenvalue weighted by atomic mass is 32.2. The first-order valence-electron chi connectivity index (χ1n) is 5.40. The Hall–Kier alpha value is -1.11. The first-order valence-corrected chi connectivity index (χ1v) is 6.84. The fourth-order valence-corrected chi connectivity index (χ4v) is 3.49. The average molecular weight is 257 g/mol. The molecule has 0 radical (unpaired) electrons. The predicted molar refractivity (Wildman–Crippen MR) is 62.3 cm³/mol. The van der Waals surface area contributed by atoms with Crippen molar-refractivity contribution in [1.29, 1.82) is 0 Å². The Bertz CT molecular complexity index is 500. The van der Waals surface area contributed by atoms with E-state index in [2.05, 4.69) is 0 Å². The van der Waals surface area contributed by atoms with Gasteiger partial charge in [0, 0.05) is 12.6 Å². The second-order valence-electron chi connectivity index (χ2n) is 4.04. The lowest BCUT2D eigenvalue weighted by Gasteiger charge is -2.32. The standard InChI is InChI=1S/C11H15NO4S/c1-9-8-16-6-5-12(9)17(14,15)11-4-2-3-10(13)7-11/h2-4,7,9,13H,5-6,8H2,1H3. The maximum atomic E-state index is 12.3. The Labute approximate surface area is 101 Å². The Morgan fingerprint density at radius 3 is 2.88 bits per heavy atom. The van der Waals surface area contributed by atoms with Crippen LogP contribution >= 0.6 is 0 Å². The van der Waals surface area contributed by atoms with E-state index in [9.17, 15) is 13.5 Å². The van der Waals surface area contributed by atoms with E-state index in [0.29, 0.717) is 19.8 Å². The molecule has 1 N–H and O–H groups in total. The van der Waals surface area contributed by atoms with Gasteiger partial charge in [0.15, 0.2) is 0 Å². The van der Waals surface area contributed by atoms with E-state index in [1.165, 1.54) is 28.6 Å². The van der Waals surface area contributed by atoms with Crippen molar-refractivity contribution in [3.8, 4) is 5.75 Å². The molecule has 0 bridgehead atoms. The van der Waals surface area contributed by atoms with Gasteiger partial charge in [-0.2, -0.15) is 4.31 Å². The van der Waals surface area contributed by atoms with Crippen LogP contribution in [0.4, 0.5) is 0 Å². The van der Waals surface area contributed by atoms with Gasteiger partial charge < -0.3 is 9.84 Å². The monoisotopic (exact) mass is 257 g/mol. The summed E-state index contributed by atoms with van der Waals surface area (Å²) < 4.78 is 31.2. The van der Waals surface area contributed by atoms with Gasteiger partial charge in [0.2, 0.25) is 10.0 Å². The molecule has 0 aliphatic carbocycles. The summed E-state index contributed by atoms with van der Waals surface area (Å²) in [6.45, 7) is 2.96. The van der Waals surface area contributed by atoms with Gasteiger partial charge in [0.25, 0.3) is 0 Å². The van der Waals surface area contributed by atoms with Crippen molar-refractivity contribution in [2.75, 3.05) is 19.8 Å². The van der Waals surface area contributed by atoms with Crippen LogP contribution in [0, 0.1) is 0 Å². The van der Waals surface area contributed by atoms with Gasteiger partial charge in [0.1, 0.15) is 5.75 Å². The largest absolute Gasteiger partial charge is 0.508 e. The molecule has 94 valence electrons. The van der Waals surface area contributed by atoms with Crippen molar-refractivity contribution >= 4 is 10.0 Å². The number of phenols is 1. The lowest BCUT2D eigenvalue weighted by Crippen LogP contribution is -2.46. The number of nitrogens with zero attached hydrogens (tertiary/aromatic N) is 1. The smallest absolute Gasteiger partial charge is 0.243 e. The van der Waals surface area contributed by atoms with Crippen LogP contribution in [0.15, 0.2) is 29.2 Å². The van der Waals surface area contributed by atoms with Crippen molar-refractivity contribution < 1.29 is 18.3 Å². The normalized spacial score (nSPS) is 22.5. The zero-order valence-corrected chi connectivity index (χ0v) is 10.4. The van der Waals surface area contributed by atoms with Gasteiger partial charge in [-0.25, -0.2) is 8.42 Å². The molecule has 1 aliphatic heterocycles. The van der Waals surface area contributed by atoms with Crippen molar-refractivity contribution in [3.63, 3.8) is 0 Å². The summed E-state index contributed by atoms with van der Waals surface area (Å²) in [4.78, 5) is 0.117. The molecule has 1 atom stereocenters. The summed E-state index contributed by atoms with van der Waals surface area (Å²) in [5.74, 6) is -0.0491. The molecule has 1 aromatic rings. The molecule has 0 amide bonds. The third-order valence-corrected chi connectivity index (χ3v) is 4.74. The van der Waals surface area contributed by atoms with Gasteiger partial charge in [-0.05, 0) is 25.1 Å². The number of benzene rings is 1. The third-order valence-electron chi connectivity index (χ3n) is 2.73. The lowest BCUT2D eigenvalue weighted by atomic mass is 10.3. The van der Waals surface area contributed by atoms with E-state index in [0.717, 1.165) is 0 Å². The van der Waals surface area contributed by atoms with Crippen LogP contribution in [-0.2, 0) is 14.8 Å². The number of hydrogen-bond acceptors (Lipinski definition) is 4. The van der Waals surface area contributed by atoms with E-state index >= 15 is 0 Å². The highest BCUT2D eigenvalue weighted by Crippen LogP contribution is 2.23. The van der Waals surface area contributed by atoms with Gasteiger partial charge >= 0.3 is 0 Å². The molecule has 17 heavy (non-hydrogen) atoms. The molecule has 0 saturated carbocycles. The molecule has 2 rings (SSSR count). The first kappa shape index (κ1) is 12.3. The molecule has 1 fully saturated rings. The van der Waals surface area contributed by atoms with Crippen LogP contribution in [0.3, 0.4) is 0 Å². The summed E-state index contributed by atoms with van der Waals surface area (Å²) in [6, 6.07) is 5.53. The van der Waals surface area contributed by atoms with E-state index in [1.54, 1.807) is 6.92 Å². The van der Waals surface area contributed by atoms with Gasteiger partial charge in [0.05, 0.1) is 18.1 Å². The van der Waals surface area contributed by atoms with Crippen LogP contribution < -0.4 is 0 Å². The second kappa shape index (κ2) is 4.64. The molecule has 5 nitrogen and oxygen atoms in total. The van der Waals surface area contributed by atoms with Crippen molar-refractivity contribution in [1.82, 2.24) is 4.31 Å². The molecule has 1 aromatic carbocycles. The molecule has 1 heterocycles. The minimum Gasteiger partial charge on any atom is -0.508 e. The van der Waals surface area contributed by atoms with Crippen LogP contribution in [0.5, 0.6) is 5.75 Å². The molecule has 0 spiro atoms. The zero-order chi connectivity index (χ0) is 12.5. The molecule has 1 unspecified atom stereocenters. The SMILES string of the molecule is CC1COCCN1S(=O)(=O)c1cccc(O)c1. The summed E-state index contributed by atoms with van der Waals surface area (Å²) in [6.07, 6.45) is 0. The van der Waals surface area contributed by atoms with E-state index < -0.39 is 10.0 Å². The highest BCUT2D eigenvalue weighted by Gasteiger charge is 2.31. The number of aromatic hydroxyl groups is 1. The minimum atomic E-state index is -3.54. The molecule has 1 aliphatic rings. The third kappa shape index (κ3) is 2.43. The van der Waals surface area contributed by atoms with Crippen LogP contribution in [0.25, 0.3) is 0 Å². The Kier molecular flexibility index (Phi) is 3.37. The summed E-state index contributed by atoms with van der Waals surface area (Å²) in [5, 5.41) is 9.33. The highest BCUT2D eigenvalue weighted by molar-refractivity contribution is 7.89. The van der Waals surface area contributed by atoms with E-state index in [1.807, 2.05) is 0 Å². The summed E-state index contributed by atoms with van der Waals surface area (Å²) in [7, 11) is -3.54. The maximum absolute atomic E-state index is 12.3. The maximum Gasteiger partial charge on any atom is 0.243 e. The van der Waals surface area contributed by atoms with E-state index in [4.69, 9.17) is 4.74 Å². The lowest BCUT2D eigenvalue weighted by molar-refractivity contribution is 0.0392. The molecule has 1 saturated heterocycles. The van der Waals surface area contributed by atoms with Crippen molar-refractivity contribution in [3.05, 3.63) is 24.3 Å². The van der Waals surface area contributed by atoms with E-state index in [-0.39, 0.29) is 16.7 Å². The number of phenolic OH excluding ortho intramolecular Hbond substituents is 1. The number of ether oxygens (including phenoxy) is 1. The molecule has 6 heteroatoms. The van der Waals surface area contributed by atoms with Gasteiger partial charge in [-0.15, -0.1) is 0 Å². The number of sulfonamides is 1. The minimum absolute atomic E-state index is 0.0491. The van der Waals surface area contributed by atoms with Crippen molar-refractivity contribution in [2.45, 2.75) is 17.9 Å². The Morgan fingerprint density at radius 1 is 1.47 bits per heavy atom. The van der Waals surface area contributed by atoms with Gasteiger partial charge in [-0.3, -0.25) is 0 Å². The predicted octanol–water partition coefficient (Wildman–Crippen LogP) is 0.802. The fourth-order valence-electron chi connectivity index (χ4n) is 1.85. The number of hydrogen-bond donors (Lipinski definition) is 1. The molecular weight excluding hydrogens is 242 g/mol. The fraction of sp³-hybridized carbons (Fsp3) is 0.455. The Morgan fingerprint density at radius 2 is 2.24 bits per heavy atom. The summed E-state index contributed by atoms with van der Waals surface area (Å²) in [5.41, 5.74) is 0. The zero-order valence-electron chi connectivity index (χ0n) is 9.54. The quantitative estimate of drug-likeness (QED) is 0.851. The molecular formula is C11H15NO4S. The van der Waals surface area contributed by atoms with Crippen LogP contribution in [0.2, 0.25) is 0 Å². The van der Waals surface area contributed by atoms with Crippen molar-refractivity contribution in [2.24, 2.45) is 0 Å². The van der Waals surface area contributed by atoms with Gasteiger partial charge in [-0.1, -0.05) is 6.07 Å². The number of morpholine rings is 1. The second-order valence-corrected chi connectivity index (χ2v) is 5.93. The topological polar surface area (TPSA) is 66.8 Å². The molecule has 0 aromatic heterocycles. The Balaban J connectivity index is 2.35. The number of rotatable bonds is 2. The first-order chi connectivity index (χ1) is 8.01.